The van der Waals surface area contributed by atoms with Crippen LogP contribution in [0.2, 0.25) is 10.0 Å². The summed E-state index contributed by atoms with van der Waals surface area (Å²) in [7, 11) is 1.73. The number of halogens is 2. The van der Waals surface area contributed by atoms with Crippen molar-refractivity contribution < 1.29 is 4.74 Å². The minimum atomic E-state index is 0.324. The summed E-state index contributed by atoms with van der Waals surface area (Å²) in [6, 6.07) is 20.1. The number of nitrogens with zero attached hydrogens (tertiary/aromatic N) is 4. The Morgan fingerprint density at radius 3 is 1.92 bits per heavy atom. The molecule has 1 fully saturated rings. The van der Waals surface area contributed by atoms with Crippen LogP contribution >= 0.6 is 23.2 Å². The van der Waals surface area contributed by atoms with Crippen LogP contribution in [0.3, 0.4) is 0 Å². The van der Waals surface area contributed by atoms with Crippen molar-refractivity contribution in [3.63, 3.8) is 0 Å². The number of anilines is 1. The molecule has 1 atom stereocenters. The van der Waals surface area contributed by atoms with Crippen LogP contribution in [0.1, 0.15) is 29.7 Å². The lowest BCUT2D eigenvalue weighted by Crippen LogP contribution is -2.47. The Morgan fingerprint density at radius 2 is 1.34 bits per heavy atom. The van der Waals surface area contributed by atoms with Crippen LogP contribution in [-0.2, 0) is 0 Å². The van der Waals surface area contributed by atoms with Crippen molar-refractivity contribution in [2.75, 3.05) is 38.2 Å². The fraction of sp³-hybridized carbons (Fsp3) is 0.290. The van der Waals surface area contributed by atoms with Gasteiger partial charge in [-0.2, -0.15) is 0 Å². The lowest BCUT2D eigenvalue weighted by molar-refractivity contribution is 0.197. The minimum absolute atomic E-state index is 0.324. The Kier molecular flexibility index (Phi) is 7.89. The highest BCUT2D eigenvalue weighted by Gasteiger charge is 2.25. The predicted molar refractivity (Wildman–Crippen MR) is 158 cm³/mol. The lowest BCUT2D eigenvalue weighted by Gasteiger charge is -2.39. The minimum Gasteiger partial charge on any atom is -0.496 e. The van der Waals surface area contributed by atoms with Crippen molar-refractivity contribution >= 4 is 29.0 Å². The van der Waals surface area contributed by atoms with Crippen LogP contribution in [0.15, 0.2) is 66.9 Å². The fourth-order valence-corrected chi connectivity index (χ4v) is 5.44. The molecule has 38 heavy (non-hydrogen) atoms. The summed E-state index contributed by atoms with van der Waals surface area (Å²) in [5, 5.41) is 1.39. The zero-order valence-electron chi connectivity index (χ0n) is 22.2. The number of benzene rings is 3. The molecule has 5 rings (SSSR count). The van der Waals surface area contributed by atoms with Crippen molar-refractivity contribution in [2.24, 2.45) is 0 Å². The van der Waals surface area contributed by atoms with E-state index in [1.165, 1.54) is 16.7 Å². The summed E-state index contributed by atoms with van der Waals surface area (Å²) in [6.45, 7) is 10.3. The molecule has 4 aromatic rings. The third kappa shape index (κ3) is 5.37. The molecule has 1 unspecified atom stereocenters. The molecule has 0 aliphatic carbocycles. The van der Waals surface area contributed by atoms with Crippen molar-refractivity contribution in [3.05, 3.63) is 93.6 Å². The standard InChI is InChI=1S/C31H32Cl2N4O/c1-20-21(2)28(38-4)14-13-27(20)22(3)36-15-17-37(18-16-36)29-19-34-30(23-5-9-25(32)10-6-23)31(35-29)24-7-11-26(33)12-8-24/h5-14,19,22H,15-18H2,1-4H3. The Bertz CT molecular complexity index is 1420. The molecule has 1 saturated heterocycles. The summed E-state index contributed by atoms with van der Waals surface area (Å²) < 4.78 is 5.51. The number of ether oxygens (including phenoxy) is 1. The quantitative estimate of drug-likeness (QED) is 0.248. The second kappa shape index (κ2) is 11.3. The van der Waals surface area contributed by atoms with Crippen LogP contribution in [-0.4, -0.2) is 48.2 Å². The smallest absolute Gasteiger partial charge is 0.147 e. The molecule has 196 valence electrons. The van der Waals surface area contributed by atoms with E-state index >= 15 is 0 Å². The molecule has 0 N–H and O–H groups in total. The van der Waals surface area contributed by atoms with Crippen LogP contribution in [0.5, 0.6) is 5.75 Å². The first-order valence-electron chi connectivity index (χ1n) is 12.9. The van der Waals surface area contributed by atoms with E-state index in [0.717, 1.165) is 60.3 Å². The van der Waals surface area contributed by atoms with E-state index in [4.69, 9.17) is 37.9 Å². The number of methoxy groups -OCH3 is 1. The zero-order valence-corrected chi connectivity index (χ0v) is 23.7. The van der Waals surface area contributed by atoms with Crippen molar-refractivity contribution in [2.45, 2.75) is 26.8 Å². The maximum absolute atomic E-state index is 6.17. The summed E-state index contributed by atoms with van der Waals surface area (Å²) in [6.07, 6.45) is 1.89. The molecule has 1 aliphatic heterocycles. The SMILES string of the molecule is COc1ccc(C(C)N2CCN(c3cnc(-c4ccc(Cl)cc4)c(-c4ccc(Cl)cc4)n3)CC2)c(C)c1C. The van der Waals surface area contributed by atoms with Crippen molar-refractivity contribution in [1.29, 1.82) is 0 Å². The van der Waals surface area contributed by atoms with Gasteiger partial charge in [0.15, 0.2) is 0 Å². The molecule has 1 aliphatic rings. The molecule has 0 radical (unpaired) electrons. The van der Waals surface area contributed by atoms with E-state index in [0.29, 0.717) is 16.1 Å². The molecule has 0 bridgehead atoms. The molecule has 2 heterocycles. The van der Waals surface area contributed by atoms with E-state index in [9.17, 15) is 0 Å². The average Bonchev–Trinajstić information content (AvgIpc) is 2.95. The van der Waals surface area contributed by atoms with Gasteiger partial charge in [-0.1, -0.05) is 53.5 Å². The van der Waals surface area contributed by atoms with Gasteiger partial charge in [0.25, 0.3) is 0 Å². The summed E-state index contributed by atoms with van der Waals surface area (Å²) in [5.41, 5.74) is 7.48. The monoisotopic (exact) mass is 546 g/mol. The molecular weight excluding hydrogens is 515 g/mol. The van der Waals surface area contributed by atoms with E-state index in [1.807, 2.05) is 54.7 Å². The van der Waals surface area contributed by atoms with Crippen molar-refractivity contribution in [1.82, 2.24) is 14.9 Å². The first-order valence-corrected chi connectivity index (χ1v) is 13.6. The average molecular weight is 548 g/mol. The highest BCUT2D eigenvalue weighted by Crippen LogP contribution is 2.34. The Labute approximate surface area is 235 Å². The second-order valence-electron chi connectivity index (χ2n) is 9.75. The molecule has 5 nitrogen and oxygen atoms in total. The van der Waals surface area contributed by atoms with Gasteiger partial charge in [-0.25, -0.2) is 4.98 Å². The lowest BCUT2D eigenvalue weighted by atomic mass is 9.96. The largest absolute Gasteiger partial charge is 0.496 e. The summed E-state index contributed by atoms with van der Waals surface area (Å²) >= 11 is 12.3. The molecule has 3 aromatic carbocycles. The highest BCUT2D eigenvalue weighted by atomic mass is 35.5. The van der Waals surface area contributed by atoms with Gasteiger partial charge in [-0.05, 0) is 67.8 Å². The molecule has 0 spiro atoms. The third-order valence-electron chi connectivity index (χ3n) is 7.63. The van der Waals surface area contributed by atoms with Crippen LogP contribution in [0.4, 0.5) is 5.82 Å². The zero-order chi connectivity index (χ0) is 26.8. The Morgan fingerprint density at radius 1 is 0.763 bits per heavy atom. The first-order chi connectivity index (χ1) is 18.4. The topological polar surface area (TPSA) is 41.5 Å². The number of hydrogen-bond donors (Lipinski definition) is 0. The van der Waals surface area contributed by atoms with Gasteiger partial charge in [-0.15, -0.1) is 0 Å². The van der Waals surface area contributed by atoms with Gasteiger partial charge in [0, 0.05) is 53.4 Å². The molecule has 7 heteroatoms. The van der Waals surface area contributed by atoms with E-state index in [1.54, 1.807) is 7.11 Å². The van der Waals surface area contributed by atoms with Crippen LogP contribution in [0, 0.1) is 13.8 Å². The van der Waals surface area contributed by atoms with Gasteiger partial charge >= 0.3 is 0 Å². The highest BCUT2D eigenvalue weighted by molar-refractivity contribution is 6.31. The van der Waals surface area contributed by atoms with Gasteiger partial charge in [0.05, 0.1) is 24.7 Å². The van der Waals surface area contributed by atoms with Gasteiger partial charge in [0.1, 0.15) is 11.6 Å². The number of aromatic nitrogens is 2. The fourth-order valence-electron chi connectivity index (χ4n) is 5.19. The maximum atomic E-state index is 6.17. The van der Waals surface area contributed by atoms with Crippen LogP contribution < -0.4 is 9.64 Å². The maximum Gasteiger partial charge on any atom is 0.147 e. The van der Waals surface area contributed by atoms with E-state index in [2.05, 4.69) is 42.7 Å². The molecule has 0 amide bonds. The van der Waals surface area contributed by atoms with Gasteiger partial charge < -0.3 is 9.64 Å². The normalized spacial score (nSPS) is 14.9. The van der Waals surface area contributed by atoms with Gasteiger partial charge in [-0.3, -0.25) is 9.88 Å². The first kappa shape index (κ1) is 26.5. The summed E-state index contributed by atoms with van der Waals surface area (Å²) in [5.74, 6) is 1.83. The van der Waals surface area contributed by atoms with Crippen molar-refractivity contribution in [3.8, 4) is 28.3 Å². The predicted octanol–water partition coefficient (Wildman–Crippen LogP) is 7.63. The Balaban J connectivity index is 1.38. The Hall–Kier alpha value is -3.12. The van der Waals surface area contributed by atoms with Gasteiger partial charge in [0.2, 0.25) is 0 Å². The molecular formula is C31H32Cl2N4O. The molecule has 0 saturated carbocycles. The number of piperazine rings is 1. The number of rotatable bonds is 6. The third-order valence-corrected chi connectivity index (χ3v) is 8.13. The molecule has 1 aromatic heterocycles. The van der Waals surface area contributed by atoms with E-state index in [-0.39, 0.29) is 0 Å². The van der Waals surface area contributed by atoms with Crippen LogP contribution in [0.25, 0.3) is 22.5 Å². The number of hydrogen-bond acceptors (Lipinski definition) is 5. The van der Waals surface area contributed by atoms with E-state index < -0.39 is 0 Å². The summed E-state index contributed by atoms with van der Waals surface area (Å²) in [4.78, 5) is 14.9. The second-order valence-corrected chi connectivity index (χ2v) is 10.6.